The van der Waals surface area contributed by atoms with E-state index < -0.39 is 0 Å². The number of hydrogen-bond acceptors (Lipinski definition) is 0. The smallest absolute Gasteiger partial charge is 0.0186 e. The Kier molecular flexibility index (Phi) is 1.99. The van der Waals surface area contributed by atoms with Crippen molar-refractivity contribution >= 4 is 0 Å². The van der Waals surface area contributed by atoms with Crippen molar-refractivity contribution < 1.29 is 0 Å². The lowest BCUT2D eigenvalue weighted by Crippen LogP contribution is -2.68. The second kappa shape index (κ2) is 2.87. The van der Waals surface area contributed by atoms with Crippen molar-refractivity contribution in [3.63, 3.8) is 0 Å². The summed E-state index contributed by atoms with van der Waals surface area (Å²) in [5, 5.41) is 0. The zero-order valence-electron chi connectivity index (χ0n) is 11.7. The Morgan fingerprint density at radius 1 is 0.875 bits per heavy atom. The third kappa shape index (κ3) is 0.946. The summed E-state index contributed by atoms with van der Waals surface area (Å²) in [4.78, 5) is 0. The highest BCUT2D eigenvalue weighted by atomic mass is 14.8. The zero-order valence-corrected chi connectivity index (χ0v) is 11.7. The second-order valence-corrected chi connectivity index (χ2v) is 7.90. The molecule has 0 heterocycles. The van der Waals surface area contributed by atoms with Crippen molar-refractivity contribution in [3.05, 3.63) is 0 Å². The molecular weight excluding hydrogens is 192 g/mol. The molecule has 3 atom stereocenters. The molecule has 0 aliphatic heterocycles. The molecule has 3 unspecified atom stereocenters. The van der Waals surface area contributed by atoms with E-state index in [1.807, 2.05) is 0 Å². The van der Waals surface area contributed by atoms with Gasteiger partial charge >= 0.3 is 0 Å². The molecule has 3 aliphatic carbocycles. The summed E-state index contributed by atoms with van der Waals surface area (Å²) < 4.78 is 0. The lowest BCUT2D eigenvalue weighted by atomic mass is 9.28. The second-order valence-electron chi connectivity index (χ2n) is 7.90. The average molecular weight is 220 g/mol. The van der Waals surface area contributed by atoms with Gasteiger partial charge in [0, 0.05) is 0 Å². The van der Waals surface area contributed by atoms with Gasteiger partial charge in [-0.25, -0.2) is 0 Å². The maximum atomic E-state index is 2.52. The van der Waals surface area contributed by atoms with E-state index in [4.69, 9.17) is 0 Å². The first kappa shape index (κ1) is 11.1. The fourth-order valence-corrected chi connectivity index (χ4v) is 6.99. The van der Waals surface area contributed by atoms with Crippen LogP contribution in [-0.4, -0.2) is 0 Å². The van der Waals surface area contributed by atoms with Gasteiger partial charge in [-0.2, -0.15) is 0 Å². The number of rotatable bonds is 2. The predicted molar refractivity (Wildman–Crippen MR) is 69.4 cm³/mol. The summed E-state index contributed by atoms with van der Waals surface area (Å²) in [7, 11) is 0. The molecule has 0 amide bonds. The standard InChI is InChI=1S/C16H28/c1-5-14-10-13(3,4)11-15(12-14)8-7-9-16(14,15)6-2/h5-12H2,1-4H3. The molecular formula is C16H28. The summed E-state index contributed by atoms with van der Waals surface area (Å²) in [6, 6.07) is 0. The maximum absolute atomic E-state index is 2.52. The third-order valence-corrected chi connectivity index (χ3v) is 6.88. The normalized spacial score (nSPS) is 53.2. The van der Waals surface area contributed by atoms with Crippen LogP contribution in [0, 0.1) is 21.7 Å². The van der Waals surface area contributed by atoms with E-state index in [9.17, 15) is 0 Å². The van der Waals surface area contributed by atoms with Crippen LogP contribution in [0.1, 0.15) is 79.1 Å². The summed E-state index contributed by atoms with van der Waals surface area (Å²) >= 11 is 0. The van der Waals surface area contributed by atoms with Crippen LogP contribution in [0.15, 0.2) is 0 Å². The van der Waals surface area contributed by atoms with Gasteiger partial charge < -0.3 is 0 Å². The van der Waals surface area contributed by atoms with Gasteiger partial charge in [0.25, 0.3) is 0 Å². The van der Waals surface area contributed by atoms with E-state index >= 15 is 0 Å². The fraction of sp³-hybridized carbons (Fsp3) is 1.00. The van der Waals surface area contributed by atoms with E-state index in [1.54, 1.807) is 19.3 Å². The van der Waals surface area contributed by atoms with Crippen LogP contribution >= 0.6 is 0 Å². The average Bonchev–Trinajstić information content (AvgIpc) is 2.49. The van der Waals surface area contributed by atoms with Crippen molar-refractivity contribution in [2.75, 3.05) is 0 Å². The van der Waals surface area contributed by atoms with Crippen LogP contribution in [0.3, 0.4) is 0 Å². The quantitative estimate of drug-likeness (QED) is 0.602. The Labute approximate surface area is 101 Å². The van der Waals surface area contributed by atoms with Gasteiger partial charge in [0.2, 0.25) is 0 Å². The first-order chi connectivity index (χ1) is 7.45. The van der Waals surface area contributed by atoms with Gasteiger partial charge in [-0.1, -0.05) is 34.1 Å². The monoisotopic (exact) mass is 220 g/mol. The molecule has 16 heavy (non-hydrogen) atoms. The minimum Gasteiger partial charge on any atom is -0.0648 e. The first-order valence-corrected chi connectivity index (χ1v) is 7.45. The van der Waals surface area contributed by atoms with Crippen LogP contribution in [-0.2, 0) is 0 Å². The molecule has 3 fully saturated rings. The van der Waals surface area contributed by atoms with E-state index in [0.29, 0.717) is 5.41 Å². The minimum atomic E-state index is 0.622. The molecule has 0 heteroatoms. The third-order valence-electron chi connectivity index (χ3n) is 6.88. The highest BCUT2D eigenvalue weighted by molar-refractivity contribution is 5.25. The van der Waals surface area contributed by atoms with E-state index in [2.05, 4.69) is 27.7 Å². The summed E-state index contributed by atoms with van der Waals surface area (Å²) in [6.07, 6.45) is 12.1. The van der Waals surface area contributed by atoms with Gasteiger partial charge in [0.1, 0.15) is 0 Å². The van der Waals surface area contributed by atoms with Crippen LogP contribution in [0.5, 0.6) is 0 Å². The molecule has 0 aromatic rings. The van der Waals surface area contributed by atoms with Crippen molar-refractivity contribution in [1.29, 1.82) is 0 Å². The lowest BCUT2D eigenvalue weighted by Gasteiger charge is -2.76. The summed E-state index contributed by atoms with van der Waals surface area (Å²) in [5.74, 6) is 0. The largest absolute Gasteiger partial charge is 0.0648 e. The highest BCUT2D eigenvalue weighted by Crippen LogP contribution is 2.85. The van der Waals surface area contributed by atoms with Gasteiger partial charge in [0.15, 0.2) is 0 Å². The van der Waals surface area contributed by atoms with Crippen LogP contribution in [0.4, 0.5) is 0 Å². The molecule has 0 aromatic heterocycles. The van der Waals surface area contributed by atoms with E-state index in [-0.39, 0.29) is 0 Å². The minimum absolute atomic E-state index is 0.622. The molecule has 92 valence electrons. The van der Waals surface area contributed by atoms with E-state index in [1.165, 1.54) is 32.1 Å². The molecule has 0 spiro atoms. The maximum Gasteiger partial charge on any atom is -0.0186 e. The lowest BCUT2D eigenvalue weighted by molar-refractivity contribution is -0.272. The topological polar surface area (TPSA) is 0 Å². The molecule has 3 saturated carbocycles. The first-order valence-electron chi connectivity index (χ1n) is 7.45. The SMILES string of the molecule is CCC12CC(C)(C)CC3(CCCC13CC)C2. The molecule has 0 radical (unpaired) electrons. The zero-order chi connectivity index (χ0) is 11.7. The predicted octanol–water partition coefficient (Wildman–Crippen LogP) is 5.17. The van der Waals surface area contributed by atoms with Gasteiger partial charge in [-0.05, 0) is 66.6 Å². The summed E-state index contributed by atoms with van der Waals surface area (Å²) in [6.45, 7) is 9.98. The van der Waals surface area contributed by atoms with E-state index in [0.717, 1.165) is 16.2 Å². The molecule has 2 bridgehead atoms. The molecule has 3 rings (SSSR count). The molecule has 0 aromatic carbocycles. The van der Waals surface area contributed by atoms with Gasteiger partial charge in [-0.15, -0.1) is 0 Å². The Morgan fingerprint density at radius 3 is 2.25 bits per heavy atom. The van der Waals surface area contributed by atoms with Crippen LogP contribution in [0.25, 0.3) is 0 Å². The number of hydrogen-bond donors (Lipinski definition) is 0. The van der Waals surface area contributed by atoms with Crippen molar-refractivity contribution in [1.82, 2.24) is 0 Å². The molecule has 0 nitrogen and oxygen atoms in total. The Bertz CT molecular complexity index is 316. The van der Waals surface area contributed by atoms with Crippen molar-refractivity contribution in [3.8, 4) is 0 Å². The van der Waals surface area contributed by atoms with Gasteiger partial charge in [0.05, 0.1) is 0 Å². The fourth-order valence-electron chi connectivity index (χ4n) is 6.99. The van der Waals surface area contributed by atoms with Crippen LogP contribution < -0.4 is 0 Å². The molecule has 0 saturated heterocycles. The van der Waals surface area contributed by atoms with Crippen molar-refractivity contribution in [2.24, 2.45) is 21.7 Å². The van der Waals surface area contributed by atoms with Crippen molar-refractivity contribution in [2.45, 2.75) is 79.1 Å². The van der Waals surface area contributed by atoms with Gasteiger partial charge in [-0.3, -0.25) is 0 Å². The molecule has 0 N–H and O–H groups in total. The summed E-state index contributed by atoms with van der Waals surface area (Å²) in [5.41, 5.74) is 2.90. The Hall–Kier alpha value is 0. The molecule has 3 aliphatic rings. The Balaban J connectivity index is 2.05. The highest BCUT2D eigenvalue weighted by Gasteiger charge is 2.76. The van der Waals surface area contributed by atoms with Crippen LogP contribution in [0.2, 0.25) is 0 Å². The Morgan fingerprint density at radius 2 is 1.62 bits per heavy atom.